The molecule has 3 nitrogen and oxygen atoms in total. The molecule has 1 fully saturated rings. The van der Waals surface area contributed by atoms with Crippen molar-refractivity contribution in [2.75, 3.05) is 26.2 Å². The number of ether oxygens (including phenoxy) is 1. The molecule has 1 aliphatic heterocycles. The van der Waals surface area contributed by atoms with E-state index in [1.807, 2.05) is 12.3 Å². The molecule has 2 heterocycles. The molecule has 0 N–H and O–H groups in total. The quantitative estimate of drug-likeness (QED) is 0.736. The predicted octanol–water partition coefficient (Wildman–Crippen LogP) is 4.90. The van der Waals surface area contributed by atoms with Crippen molar-refractivity contribution in [2.45, 2.75) is 39.3 Å². The summed E-state index contributed by atoms with van der Waals surface area (Å²) in [4.78, 5) is 6.66. The second kappa shape index (κ2) is 8.17. The highest BCUT2D eigenvalue weighted by Crippen LogP contribution is 2.23. The summed E-state index contributed by atoms with van der Waals surface area (Å²) in [5.74, 6) is 1.20. The number of hydrogen-bond acceptors (Lipinski definition) is 3. The minimum absolute atomic E-state index is 0.516. The maximum atomic E-state index is 13.7. The number of likely N-dealkylation sites (tertiary alicyclic amines) is 1. The van der Waals surface area contributed by atoms with E-state index in [1.165, 1.54) is 5.56 Å². The lowest BCUT2D eigenvalue weighted by molar-refractivity contribution is 0.0830. The highest BCUT2D eigenvalue weighted by Gasteiger charge is 2.25. The van der Waals surface area contributed by atoms with Gasteiger partial charge in [0.05, 0.1) is 6.61 Å². The number of aromatic nitrogens is 1. The van der Waals surface area contributed by atoms with E-state index in [-0.39, 0.29) is 0 Å². The lowest BCUT2D eigenvalue weighted by Gasteiger charge is -2.34. The molecule has 0 aliphatic carbocycles. The summed E-state index contributed by atoms with van der Waals surface area (Å²) in [6.45, 7) is 8.47. The molecule has 140 valence electrons. The molecule has 2 aromatic rings. The third-order valence-electron chi connectivity index (χ3n) is 4.89. The summed E-state index contributed by atoms with van der Waals surface area (Å²) in [5, 5.41) is 0. The number of alkyl halides is 1. The molecule has 0 amide bonds. The van der Waals surface area contributed by atoms with Crippen LogP contribution in [0.4, 0.5) is 4.39 Å². The molecule has 4 heteroatoms. The van der Waals surface area contributed by atoms with Crippen molar-refractivity contribution in [3.05, 3.63) is 48.2 Å². The van der Waals surface area contributed by atoms with Crippen LogP contribution in [0.1, 0.15) is 32.3 Å². The monoisotopic (exact) mass is 356 g/mol. The van der Waals surface area contributed by atoms with Crippen molar-refractivity contribution in [1.82, 2.24) is 9.88 Å². The molecule has 0 atom stereocenters. The van der Waals surface area contributed by atoms with Gasteiger partial charge in [-0.3, -0.25) is 0 Å². The van der Waals surface area contributed by atoms with Gasteiger partial charge in [-0.15, -0.1) is 0 Å². The zero-order chi connectivity index (χ0) is 18.6. The van der Waals surface area contributed by atoms with Crippen LogP contribution in [-0.4, -0.2) is 41.8 Å². The number of benzene rings is 1. The van der Waals surface area contributed by atoms with Crippen molar-refractivity contribution in [2.24, 2.45) is 5.92 Å². The van der Waals surface area contributed by atoms with Crippen LogP contribution in [0.25, 0.3) is 11.1 Å². The van der Waals surface area contributed by atoms with Crippen LogP contribution in [-0.2, 0) is 0 Å². The molecule has 0 bridgehead atoms. The van der Waals surface area contributed by atoms with Gasteiger partial charge in [-0.25, -0.2) is 9.37 Å². The van der Waals surface area contributed by atoms with E-state index in [0.717, 1.165) is 37.1 Å². The van der Waals surface area contributed by atoms with Gasteiger partial charge in [0.25, 0.3) is 0 Å². The zero-order valence-corrected chi connectivity index (χ0v) is 16.0. The molecule has 1 aromatic heterocycles. The van der Waals surface area contributed by atoms with Gasteiger partial charge in [-0.2, -0.15) is 0 Å². The Balaban J connectivity index is 1.46. The lowest BCUT2D eigenvalue weighted by atomic mass is 9.97. The fourth-order valence-corrected chi connectivity index (χ4v) is 3.43. The number of aryl methyl sites for hydroxylation is 1. The highest BCUT2D eigenvalue weighted by molar-refractivity contribution is 5.62. The molecule has 1 saturated heterocycles. The lowest BCUT2D eigenvalue weighted by Crippen LogP contribution is -2.41. The number of halogens is 1. The summed E-state index contributed by atoms with van der Waals surface area (Å²) >= 11 is 0. The molecular formula is C22H29FN2O. The van der Waals surface area contributed by atoms with Gasteiger partial charge >= 0.3 is 0 Å². The van der Waals surface area contributed by atoms with Gasteiger partial charge in [-0.05, 0) is 64.3 Å². The molecular weight excluding hydrogens is 327 g/mol. The number of rotatable bonds is 6. The van der Waals surface area contributed by atoms with Gasteiger partial charge in [0, 0.05) is 24.4 Å². The van der Waals surface area contributed by atoms with Crippen LogP contribution in [0.5, 0.6) is 5.88 Å². The van der Waals surface area contributed by atoms with Crippen molar-refractivity contribution in [3.63, 3.8) is 0 Å². The fraction of sp³-hybridized carbons (Fsp3) is 0.500. The van der Waals surface area contributed by atoms with Gasteiger partial charge < -0.3 is 9.64 Å². The molecule has 0 unspecified atom stereocenters. The van der Waals surface area contributed by atoms with Gasteiger partial charge in [0.2, 0.25) is 5.88 Å². The fourth-order valence-electron chi connectivity index (χ4n) is 3.43. The molecule has 26 heavy (non-hydrogen) atoms. The molecule has 0 saturated carbocycles. The van der Waals surface area contributed by atoms with Crippen LogP contribution in [0.3, 0.4) is 0 Å². The summed E-state index contributed by atoms with van der Waals surface area (Å²) < 4.78 is 19.6. The average Bonchev–Trinajstić information content (AvgIpc) is 2.61. The minimum Gasteiger partial charge on any atom is -0.477 e. The Kier molecular flexibility index (Phi) is 5.92. The Hall–Kier alpha value is -1.94. The maximum absolute atomic E-state index is 13.7. The average molecular weight is 356 g/mol. The smallest absolute Gasteiger partial charge is 0.213 e. The van der Waals surface area contributed by atoms with E-state index >= 15 is 0 Å². The first-order valence-corrected chi connectivity index (χ1v) is 9.46. The van der Waals surface area contributed by atoms with Crippen molar-refractivity contribution >= 4 is 0 Å². The second-order valence-corrected chi connectivity index (χ2v) is 8.00. The maximum Gasteiger partial charge on any atom is 0.213 e. The number of pyridine rings is 1. The van der Waals surface area contributed by atoms with E-state index in [0.29, 0.717) is 24.9 Å². The predicted molar refractivity (Wildman–Crippen MR) is 104 cm³/mol. The Labute approximate surface area is 156 Å². The third-order valence-corrected chi connectivity index (χ3v) is 4.89. The van der Waals surface area contributed by atoms with Crippen molar-refractivity contribution < 1.29 is 9.13 Å². The van der Waals surface area contributed by atoms with Gasteiger partial charge in [0.15, 0.2) is 0 Å². The Bertz CT molecular complexity index is 684. The summed E-state index contributed by atoms with van der Waals surface area (Å²) in [6, 6.07) is 12.4. The van der Waals surface area contributed by atoms with E-state index in [4.69, 9.17) is 4.74 Å². The van der Waals surface area contributed by atoms with E-state index in [9.17, 15) is 4.39 Å². The first kappa shape index (κ1) is 18.8. The van der Waals surface area contributed by atoms with Crippen molar-refractivity contribution in [1.29, 1.82) is 0 Å². The normalized spacial score (nSPS) is 16.6. The SMILES string of the molecule is Cc1ccc(-c2ccc(OCC3CCN(CC(C)(C)F)CC3)nc2)cc1. The molecule has 1 aromatic carbocycles. The van der Waals surface area contributed by atoms with E-state index < -0.39 is 5.67 Å². The number of hydrogen-bond donors (Lipinski definition) is 0. The van der Waals surface area contributed by atoms with E-state index in [1.54, 1.807) is 13.8 Å². The largest absolute Gasteiger partial charge is 0.477 e. The standard InChI is InChI=1S/C22H29FN2O/c1-17-4-6-19(7-5-17)20-8-9-21(24-14-20)26-15-18-10-12-25(13-11-18)16-22(2,3)23/h4-9,14,18H,10-13,15-16H2,1-3H3. The molecule has 1 aliphatic rings. The van der Waals surface area contributed by atoms with Crippen LogP contribution >= 0.6 is 0 Å². The van der Waals surface area contributed by atoms with Crippen LogP contribution < -0.4 is 4.74 Å². The molecule has 0 spiro atoms. The van der Waals surface area contributed by atoms with Gasteiger partial charge in [0.1, 0.15) is 5.67 Å². The van der Waals surface area contributed by atoms with Crippen LogP contribution in [0, 0.1) is 12.8 Å². The first-order chi connectivity index (χ1) is 12.4. The summed E-state index contributed by atoms with van der Waals surface area (Å²) in [6.07, 6.45) is 3.97. The Morgan fingerprint density at radius 3 is 2.31 bits per heavy atom. The molecule has 3 rings (SSSR count). The van der Waals surface area contributed by atoms with Crippen LogP contribution in [0.15, 0.2) is 42.6 Å². The topological polar surface area (TPSA) is 25.4 Å². The number of nitrogens with zero attached hydrogens (tertiary/aromatic N) is 2. The van der Waals surface area contributed by atoms with Gasteiger partial charge in [-0.1, -0.05) is 29.8 Å². The van der Waals surface area contributed by atoms with Crippen LogP contribution in [0.2, 0.25) is 0 Å². The summed E-state index contributed by atoms with van der Waals surface area (Å²) in [7, 11) is 0. The van der Waals surface area contributed by atoms with E-state index in [2.05, 4.69) is 47.1 Å². The minimum atomic E-state index is -1.12. The third kappa shape index (κ3) is 5.53. The van der Waals surface area contributed by atoms with Crippen molar-refractivity contribution in [3.8, 4) is 17.0 Å². The molecule has 0 radical (unpaired) electrons. The number of piperidine rings is 1. The Morgan fingerprint density at radius 2 is 1.73 bits per heavy atom. The highest BCUT2D eigenvalue weighted by atomic mass is 19.1. The first-order valence-electron chi connectivity index (χ1n) is 9.46. The second-order valence-electron chi connectivity index (χ2n) is 8.00. The zero-order valence-electron chi connectivity index (χ0n) is 16.0. The Morgan fingerprint density at radius 1 is 1.08 bits per heavy atom. The summed E-state index contributed by atoms with van der Waals surface area (Å²) in [5.41, 5.74) is 2.40.